The number of carboxylic acid groups (broad SMARTS) is 1. The summed E-state index contributed by atoms with van der Waals surface area (Å²) < 4.78 is 5.83. The average molecular weight is 303 g/mol. The third-order valence-corrected chi connectivity index (χ3v) is 3.44. The number of aryl methyl sites for hydroxylation is 1. The summed E-state index contributed by atoms with van der Waals surface area (Å²) >= 11 is 6.18. The van der Waals surface area contributed by atoms with Crippen LogP contribution >= 0.6 is 11.6 Å². The summed E-state index contributed by atoms with van der Waals surface area (Å²) in [7, 11) is 0. The maximum absolute atomic E-state index is 10.5. The molecule has 0 atom stereocenters. The summed E-state index contributed by atoms with van der Waals surface area (Å²) in [5.74, 6) is 0.297. The molecule has 2 rings (SSSR count). The van der Waals surface area contributed by atoms with Crippen LogP contribution in [0, 0.1) is 13.8 Å². The smallest absolute Gasteiger partial charge is 0.328 e. The first-order chi connectivity index (χ1) is 9.97. The molecule has 0 aliphatic heterocycles. The summed E-state index contributed by atoms with van der Waals surface area (Å²) in [6, 6.07) is 11.0. The topological polar surface area (TPSA) is 46.5 Å². The van der Waals surface area contributed by atoms with Crippen LogP contribution in [0.1, 0.15) is 16.7 Å². The highest BCUT2D eigenvalue weighted by Gasteiger charge is 2.07. The lowest BCUT2D eigenvalue weighted by Crippen LogP contribution is -1.91. The second-order valence-electron chi connectivity index (χ2n) is 4.66. The monoisotopic (exact) mass is 302 g/mol. The highest BCUT2D eigenvalue weighted by atomic mass is 35.5. The second kappa shape index (κ2) is 6.46. The minimum absolute atomic E-state index is 0.434. The van der Waals surface area contributed by atoms with E-state index in [-0.39, 0.29) is 0 Å². The summed E-state index contributed by atoms with van der Waals surface area (Å²) in [6.45, 7) is 4.01. The first-order valence-corrected chi connectivity index (χ1v) is 6.80. The molecule has 4 heteroatoms. The Morgan fingerprint density at radius 1 is 1.19 bits per heavy atom. The predicted octanol–water partition coefficient (Wildman–Crippen LogP) is 4.85. The highest BCUT2D eigenvalue weighted by molar-refractivity contribution is 6.32. The van der Waals surface area contributed by atoms with Crippen molar-refractivity contribution in [2.24, 2.45) is 0 Å². The molecule has 21 heavy (non-hydrogen) atoms. The Balaban J connectivity index is 2.25. The van der Waals surface area contributed by atoms with Gasteiger partial charge in [-0.1, -0.05) is 29.8 Å². The second-order valence-corrected chi connectivity index (χ2v) is 5.07. The van der Waals surface area contributed by atoms with Crippen molar-refractivity contribution in [3.8, 4) is 11.5 Å². The molecule has 0 bridgehead atoms. The molecular weight excluding hydrogens is 288 g/mol. The van der Waals surface area contributed by atoms with Gasteiger partial charge >= 0.3 is 5.97 Å². The minimum Gasteiger partial charge on any atom is -0.478 e. The number of rotatable bonds is 4. The molecule has 0 radical (unpaired) electrons. The van der Waals surface area contributed by atoms with Crippen molar-refractivity contribution in [2.45, 2.75) is 13.8 Å². The molecule has 0 spiro atoms. The van der Waals surface area contributed by atoms with Crippen LogP contribution in [0.5, 0.6) is 11.5 Å². The van der Waals surface area contributed by atoms with E-state index in [0.717, 1.165) is 23.0 Å². The number of ether oxygens (including phenoxy) is 1. The van der Waals surface area contributed by atoms with E-state index in [9.17, 15) is 4.79 Å². The van der Waals surface area contributed by atoms with Gasteiger partial charge in [0.05, 0.1) is 5.02 Å². The zero-order valence-electron chi connectivity index (χ0n) is 11.8. The lowest BCUT2D eigenvalue weighted by molar-refractivity contribution is -0.131. The van der Waals surface area contributed by atoms with Crippen molar-refractivity contribution in [2.75, 3.05) is 0 Å². The van der Waals surface area contributed by atoms with Gasteiger partial charge in [-0.25, -0.2) is 4.79 Å². The number of aliphatic carboxylic acids is 1. The molecule has 0 saturated heterocycles. The van der Waals surface area contributed by atoms with E-state index in [0.29, 0.717) is 16.3 Å². The first-order valence-electron chi connectivity index (χ1n) is 6.42. The lowest BCUT2D eigenvalue weighted by atomic mass is 10.1. The third-order valence-electron chi connectivity index (χ3n) is 3.15. The molecule has 0 heterocycles. The molecule has 3 nitrogen and oxygen atoms in total. The van der Waals surface area contributed by atoms with Gasteiger partial charge in [0, 0.05) is 6.08 Å². The Morgan fingerprint density at radius 3 is 2.62 bits per heavy atom. The van der Waals surface area contributed by atoms with Crippen molar-refractivity contribution in [1.29, 1.82) is 0 Å². The van der Waals surface area contributed by atoms with E-state index in [1.54, 1.807) is 18.2 Å². The van der Waals surface area contributed by atoms with Crippen LogP contribution in [0.4, 0.5) is 0 Å². The molecule has 2 aromatic carbocycles. The van der Waals surface area contributed by atoms with Gasteiger partial charge in [0.25, 0.3) is 0 Å². The van der Waals surface area contributed by atoms with E-state index in [1.165, 1.54) is 6.08 Å². The fourth-order valence-corrected chi connectivity index (χ4v) is 2.05. The fourth-order valence-electron chi connectivity index (χ4n) is 1.82. The number of carbonyl (C=O) groups is 1. The van der Waals surface area contributed by atoms with E-state index in [2.05, 4.69) is 0 Å². The molecule has 0 aliphatic carbocycles. The number of hydrogen-bond acceptors (Lipinski definition) is 2. The Morgan fingerprint density at radius 2 is 1.95 bits per heavy atom. The SMILES string of the molecule is Cc1cccc(Oc2ccc(/C=C/C(=O)O)cc2Cl)c1C. The Labute approximate surface area is 128 Å². The zero-order chi connectivity index (χ0) is 15.4. The average Bonchev–Trinajstić information content (AvgIpc) is 2.44. The zero-order valence-corrected chi connectivity index (χ0v) is 12.5. The van der Waals surface area contributed by atoms with E-state index in [4.69, 9.17) is 21.4 Å². The molecule has 0 aromatic heterocycles. The maximum atomic E-state index is 10.5. The van der Waals surface area contributed by atoms with Gasteiger partial charge in [0.2, 0.25) is 0 Å². The quantitative estimate of drug-likeness (QED) is 0.821. The van der Waals surface area contributed by atoms with Crippen LogP contribution in [0.2, 0.25) is 5.02 Å². The Bertz CT molecular complexity index is 705. The van der Waals surface area contributed by atoms with Gasteiger partial charge < -0.3 is 9.84 Å². The number of carboxylic acids is 1. The largest absolute Gasteiger partial charge is 0.478 e. The molecular formula is C17H15ClO3. The van der Waals surface area contributed by atoms with Gasteiger partial charge in [-0.3, -0.25) is 0 Å². The van der Waals surface area contributed by atoms with Crippen LogP contribution in [0.15, 0.2) is 42.5 Å². The van der Waals surface area contributed by atoms with E-state index < -0.39 is 5.97 Å². The lowest BCUT2D eigenvalue weighted by Gasteiger charge is -2.12. The Kier molecular flexibility index (Phi) is 4.66. The van der Waals surface area contributed by atoms with Crippen LogP contribution in [0.25, 0.3) is 6.08 Å². The Hall–Kier alpha value is -2.26. The molecule has 0 aliphatic rings. The van der Waals surface area contributed by atoms with Crippen LogP contribution < -0.4 is 4.74 Å². The van der Waals surface area contributed by atoms with E-state index in [1.807, 2.05) is 32.0 Å². The van der Waals surface area contributed by atoms with Crippen molar-refractivity contribution in [3.05, 3.63) is 64.2 Å². The molecule has 0 unspecified atom stereocenters. The molecule has 0 saturated carbocycles. The number of halogens is 1. The van der Waals surface area contributed by atoms with Gasteiger partial charge in [0.1, 0.15) is 11.5 Å². The summed E-state index contributed by atoms with van der Waals surface area (Å²) in [5.41, 5.74) is 2.91. The molecule has 1 N–H and O–H groups in total. The normalized spacial score (nSPS) is 10.8. The first kappa shape index (κ1) is 15.1. The van der Waals surface area contributed by atoms with Crippen molar-refractivity contribution in [1.82, 2.24) is 0 Å². The van der Waals surface area contributed by atoms with Gasteiger partial charge in [-0.2, -0.15) is 0 Å². The fraction of sp³-hybridized carbons (Fsp3) is 0.118. The van der Waals surface area contributed by atoms with Crippen molar-refractivity contribution in [3.63, 3.8) is 0 Å². The molecule has 108 valence electrons. The van der Waals surface area contributed by atoms with Crippen molar-refractivity contribution >= 4 is 23.6 Å². The van der Waals surface area contributed by atoms with Crippen LogP contribution in [0.3, 0.4) is 0 Å². The highest BCUT2D eigenvalue weighted by Crippen LogP contribution is 2.32. The van der Waals surface area contributed by atoms with Gasteiger partial charge in [-0.05, 0) is 54.8 Å². The number of benzene rings is 2. The third kappa shape index (κ3) is 3.86. The minimum atomic E-state index is -0.998. The maximum Gasteiger partial charge on any atom is 0.328 e. The molecule has 0 fully saturated rings. The van der Waals surface area contributed by atoms with E-state index >= 15 is 0 Å². The van der Waals surface area contributed by atoms with Crippen molar-refractivity contribution < 1.29 is 14.6 Å². The number of hydrogen-bond donors (Lipinski definition) is 1. The predicted molar refractivity (Wildman–Crippen MR) is 84.1 cm³/mol. The van der Waals surface area contributed by atoms with Gasteiger partial charge in [0.15, 0.2) is 0 Å². The summed E-state index contributed by atoms with van der Waals surface area (Å²) in [6.07, 6.45) is 2.55. The molecule has 0 amide bonds. The van der Waals surface area contributed by atoms with Gasteiger partial charge in [-0.15, -0.1) is 0 Å². The summed E-state index contributed by atoms with van der Waals surface area (Å²) in [4.78, 5) is 10.5. The summed E-state index contributed by atoms with van der Waals surface area (Å²) in [5, 5.41) is 9.04. The standard InChI is InChI=1S/C17H15ClO3/c1-11-4-3-5-15(12(11)2)21-16-8-6-13(10-14(16)18)7-9-17(19)20/h3-10H,1-2H3,(H,19,20)/b9-7+. The van der Waals surface area contributed by atoms with Crippen LogP contribution in [-0.2, 0) is 4.79 Å². The molecule has 2 aromatic rings. The van der Waals surface area contributed by atoms with Crippen LogP contribution in [-0.4, -0.2) is 11.1 Å².